The maximum absolute atomic E-state index is 4.69. The SMILES string of the molecule is CCc1cnccc1-c1nc(CC)c(I)c(NC)n1. The Bertz CT molecular complexity index is 558. The number of pyridine rings is 1. The molecule has 0 amide bonds. The lowest BCUT2D eigenvalue weighted by Crippen LogP contribution is -2.05. The fraction of sp³-hybridized carbons (Fsp3) is 0.357. The van der Waals surface area contributed by atoms with Crippen LogP contribution in [0.15, 0.2) is 18.5 Å². The largest absolute Gasteiger partial charge is 0.372 e. The number of nitrogens with zero attached hydrogens (tertiary/aromatic N) is 3. The first-order chi connectivity index (χ1) is 9.21. The average molecular weight is 368 g/mol. The van der Waals surface area contributed by atoms with Crippen molar-refractivity contribution in [3.8, 4) is 11.4 Å². The Labute approximate surface area is 127 Å². The fourth-order valence-electron chi connectivity index (χ4n) is 1.94. The van der Waals surface area contributed by atoms with Crippen LogP contribution in [-0.4, -0.2) is 22.0 Å². The zero-order valence-electron chi connectivity index (χ0n) is 11.4. The molecule has 0 aromatic carbocycles. The molecular weight excluding hydrogens is 351 g/mol. The highest BCUT2D eigenvalue weighted by Gasteiger charge is 2.13. The van der Waals surface area contributed by atoms with Crippen LogP contribution in [0.3, 0.4) is 0 Å². The highest BCUT2D eigenvalue weighted by atomic mass is 127. The van der Waals surface area contributed by atoms with Gasteiger partial charge in [-0.05, 0) is 47.1 Å². The van der Waals surface area contributed by atoms with E-state index in [2.05, 4.69) is 51.7 Å². The molecule has 0 unspecified atom stereocenters. The zero-order valence-corrected chi connectivity index (χ0v) is 13.5. The van der Waals surface area contributed by atoms with Crippen LogP contribution in [-0.2, 0) is 12.8 Å². The van der Waals surface area contributed by atoms with Gasteiger partial charge in [0.05, 0.1) is 9.26 Å². The molecule has 0 saturated heterocycles. The summed E-state index contributed by atoms with van der Waals surface area (Å²) >= 11 is 2.30. The molecule has 2 aromatic rings. The van der Waals surface area contributed by atoms with Crippen molar-refractivity contribution < 1.29 is 0 Å². The standard InChI is InChI=1S/C14H17IN4/c1-4-9-8-17-7-6-10(9)13-18-11(5-2)12(15)14(16-3)19-13/h6-8H,4-5H2,1-3H3,(H,16,18,19). The molecule has 0 spiro atoms. The van der Waals surface area contributed by atoms with Crippen molar-refractivity contribution in [1.82, 2.24) is 15.0 Å². The van der Waals surface area contributed by atoms with Crippen LogP contribution in [0.4, 0.5) is 5.82 Å². The zero-order chi connectivity index (χ0) is 13.8. The maximum atomic E-state index is 4.69. The topological polar surface area (TPSA) is 50.7 Å². The summed E-state index contributed by atoms with van der Waals surface area (Å²) < 4.78 is 1.10. The first-order valence-corrected chi connectivity index (χ1v) is 7.46. The van der Waals surface area contributed by atoms with E-state index in [-0.39, 0.29) is 0 Å². The molecule has 1 N–H and O–H groups in total. The molecule has 4 nitrogen and oxygen atoms in total. The van der Waals surface area contributed by atoms with Crippen molar-refractivity contribution in [3.63, 3.8) is 0 Å². The summed E-state index contributed by atoms with van der Waals surface area (Å²) in [6, 6.07) is 1.99. The minimum absolute atomic E-state index is 0.779. The number of halogens is 1. The number of anilines is 1. The summed E-state index contributed by atoms with van der Waals surface area (Å²) in [4.78, 5) is 13.5. The average Bonchev–Trinajstić information content (AvgIpc) is 2.47. The molecule has 0 aliphatic heterocycles. The third-order valence-electron chi connectivity index (χ3n) is 3.02. The van der Waals surface area contributed by atoms with Crippen molar-refractivity contribution in [2.24, 2.45) is 0 Å². The molecule has 19 heavy (non-hydrogen) atoms. The van der Waals surface area contributed by atoms with E-state index < -0.39 is 0 Å². The van der Waals surface area contributed by atoms with E-state index in [4.69, 9.17) is 4.98 Å². The molecule has 0 saturated carbocycles. The third kappa shape index (κ3) is 2.86. The van der Waals surface area contributed by atoms with Gasteiger partial charge in [0.2, 0.25) is 0 Å². The molecule has 2 rings (SSSR count). The molecule has 0 radical (unpaired) electrons. The minimum Gasteiger partial charge on any atom is -0.372 e. The lowest BCUT2D eigenvalue weighted by molar-refractivity contribution is 0.983. The van der Waals surface area contributed by atoms with Crippen molar-refractivity contribution in [3.05, 3.63) is 33.3 Å². The Balaban J connectivity index is 2.62. The summed E-state index contributed by atoms with van der Waals surface area (Å²) in [6.45, 7) is 4.23. The monoisotopic (exact) mass is 368 g/mol. The predicted molar refractivity (Wildman–Crippen MR) is 86.3 cm³/mol. The number of aryl methyl sites for hydroxylation is 2. The molecule has 0 aliphatic carbocycles. The highest BCUT2D eigenvalue weighted by Crippen LogP contribution is 2.26. The second-order valence-corrected chi connectivity index (χ2v) is 5.23. The number of aromatic nitrogens is 3. The molecule has 5 heteroatoms. The van der Waals surface area contributed by atoms with Crippen LogP contribution in [0.25, 0.3) is 11.4 Å². The normalized spacial score (nSPS) is 10.5. The highest BCUT2D eigenvalue weighted by molar-refractivity contribution is 14.1. The molecule has 0 fully saturated rings. The van der Waals surface area contributed by atoms with Gasteiger partial charge in [0, 0.05) is 25.0 Å². The summed E-state index contributed by atoms with van der Waals surface area (Å²) in [5.41, 5.74) is 3.32. The van der Waals surface area contributed by atoms with Gasteiger partial charge in [-0.1, -0.05) is 13.8 Å². The summed E-state index contributed by atoms with van der Waals surface area (Å²) in [5.74, 6) is 1.67. The molecule has 2 heterocycles. The summed E-state index contributed by atoms with van der Waals surface area (Å²) in [5, 5.41) is 3.14. The van der Waals surface area contributed by atoms with Crippen LogP contribution in [0.5, 0.6) is 0 Å². The first-order valence-electron chi connectivity index (χ1n) is 6.38. The Morgan fingerprint density at radius 1 is 1.21 bits per heavy atom. The van der Waals surface area contributed by atoms with Crippen LogP contribution in [0.2, 0.25) is 0 Å². The van der Waals surface area contributed by atoms with E-state index in [0.717, 1.165) is 39.3 Å². The number of hydrogen-bond donors (Lipinski definition) is 1. The molecular formula is C14H17IN4. The van der Waals surface area contributed by atoms with Crippen LogP contribution in [0, 0.1) is 3.57 Å². The predicted octanol–water partition coefficient (Wildman–Crippen LogP) is 3.31. The van der Waals surface area contributed by atoms with E-state index in [1.54, 1.807) is 6.20 Å². The van der Waals surface area contributed by atoms with E-state index in [1.807, 2.05) is 19.3 Å². The van der Waals surface area contributed by atoms with Gasteiger partial charge in [-0.25, -0.2) is 9.97 Å². The Morgan fingerprint density at radius 3 is 2.63 bits per heavy atom. The second kappa shape index (κ2) is 6.27. The van der Waals surface area contributed by atoms with Gasteiger partial charge < -0.3 is 5.32 Å². The minimum atomic E-state index is 0.779. The van der Waals surface area contributed by atoms with E-state index in [9.17, 15) is 0 Å². The van der Waals surface area contributed by atoms with Crippen molar-refractivity contribution in [2.75, 3.05) is 12.4 Å². The van der Waals surface area contributed by atoms with Gasteiger partial charge in [-0.2, -0.15) is 0 Å². The Morgan fingerprint density at radius 2 is 2.00 bits per heavy atom. The number of rotatable bonds is 4. The molecule has 0 atom stereocenters. The summed E-state index contributed by atoms with van der Waals surface area (Å²) in [6.07, 6.45) is 5.51. The first kappa shape index (κ1) is 14.2. The van der Waals surface area contributed by atoms with Gasteiger partial charge in [0.25, 0.3) is 0 Å². The molecule has 0 aliphatic rings. The van der Waals surface area contributed by atoms with Crippen LogP contribution >= 0.6 is 22.6 Å². The smallest absolute Gasteiger partial charge is 0.162 e. The maximum Gasteiger partial charge on any atom is 0.162 e. The molecule has 2 aromatic heterocycles. The van der Waals surface area contributed by atoms with Crippen molar-refractivity contribution in [1.29, 1.82) is 0 Å². The van der Waals surface area contributed by atoms with Gasteiger partial charge in [-0.15, -0.1) is 0 Å². The van der Waals surface area contributed by atoms with Gasteiger partial charge in [-0.3, -0.25) is 4.98 Å². The molecule has 0 bridgehead atoms. The third-order valence-corrected chi connectivity index (χ3v) is 4.15. The fourth-order valence-corrected chi connectivity index (χ4v) is 2.83. The van der Waals surface area contributed by atoms with Crippen molar-refractivity contribution in [2.45, 2.75) is 26.7 Å². The molecule has 100 valence electrons. The summed E-state index contributed by atoms with van der Waals surface area (Å²) in [7, 11) is 1.89. The van der Waals surface area contributed by atoms with E-state index in [1.165, 1.54) is 5.56 Å². The Hall–Kier alpha value is -1.24. The quantitative estimate of drug-likeness (QED) is 0.842. The lowest BCUT2D eigenvalue weighted by atomic mass is 10.1. The van der Waals surface area contributed by atoms with Crippen LogP contribution < -0.4 is 5.32 Å². The Kier molecular flexibility index (Phi) is 4.68. The number of hydrogen-bond acceptors (Lipinski definition) is 4. The van der Waals surface area contributed by atoms with Crippen LogP contribution in [0.1, 0.15) is 25.1 Å². The number of nitrogens with one attached hydrogen (secondary N) is 1. The van der Waals surface area contributed by atoms with E-state index >= 15 is 0 Å². The van der Waals surface area contributed by atoms with Gasteiger partial charge in [0.1, 0.15) is 5.82 Å². The van der Waals surface area contributed by atoms with E-state index in [0.29, 0.717) is 0 Å². The van der Waals surface area contributed by atoms with Gasteiger partial charge in [0.15, 0.2) is 5.82 Å². The van der Waals surface area contributed by atoms with Crippen molar-refractivity contribution >= 4 is 28.4 Å². The lowest BCUT2D eigenvalue weighted by Gasteiger charge is -2.12. The second-order valence-electron chi connectivity index (χ2n) is 4.15. The van der Waals surface area contributed by atoms with Gasteiger partial charge >= 0.3 is 0 Å².